The quantitative estimate of drug-likeness (QED) is 0.595. The van der Waals surface area contributed by atoms with Gasteiger partial charge >= 0.3 is 0 Å². The van der Waals surface area contributed by atoms with Crippen LogP contribution in [-0.4, -0.2) is 32.7 Å². The van der Waals surface area contributed by atoms with Crippen molar-refractivity contribution in [3.05, 3.63) is 72.7 Å². The van der Waals surface area contributed by atoms with Gasteiger partial charge in [0, 0.05) is 18.3 Å². The van der Waals surface area contributed by atoms with Gasteiger partial charge in [0.1, 0.15) is 12.1 Å². The first-order chi connectivity index (χ1) is 12.8. The van der Waals surface area contributed by atoms with E-state index >= 15 is 0 Å². The van der Waals surface area contributed by atoms with Crippen LogP contribution in [0.1, 0.15) is 10.4 Å². The molecule has 2 aromatic carbocycles. The summed E-state index contributed by atoms with van der Waals surface area (Å²) >= 11 is 0. The van der Waals surface area contributed by atoms with Crippen molar-refractivity contribution in [2.45, 2.75) is 0 Å². The highest BCUT2D eigenvalue weighted by atomic mass is 16.1. The van der Waals surface area contributed by atoms with Gasteiger partial charge in [-0.1, -0.05) is 24.3 Å². The SMILES string of the molecule is CNC(=O)c1cccc(Nc2ncnc3c2cnn3-c2ccccc2)c1. The van der Waals surface area contributed by atoms with Crippen LogP contribution in [0.3, 0.4) is 0 Å². The predicted molar refractivity (Wildman–Crippen MR) is 99.8 cm³/mol. The maximum atomic E-state index is 11.8. The van der Waals surface area contributed by atoms with Crippen molar-refractivity contribution in [2.24, 2.45) is 0 Å². The molecule has 0 radical (unpaired) electrons. The number of nitrogens with one attached hydrogen (secondary N) is 2. The fraction of sp³-hybridized carbons (Fsp3) is 0.0526. The van der Waals surface area contributed by atoms with Crippen LogP contribution in [0.15, 0.2) is 67.1 Å². The number of anilines is 2. The topological polar surface area (TPSA) is 84.7 Å². The Hall–Kier alpha value is -3.74. The van der Waals surface area contributed by atoms with Crippen LogP contribution in [0.2, 0.25) is 0 Å². The highest BCUT2D eigenvalue weighted by Crippen LogP contribution is 2.24. The molecule has 0 saturated carbocycles. The first-order valence-electron chi connectivity index (χ1n) is 8.09. The van der Waals surface area contributed by atoms with E-state index in [9.17, 15) is 4.79 Å². The summed E-state index contributed by atoms with van der Waals surface area (Å²) < 4.78 is 1.77. The third-order valence-electron chi connectivity index (χ3n) is 3.98. The van der Waals surface area contributed by atoms with Gasteiger partial charge in [-0.25, -0.2) is 14.6 Å². The van der Waals surface area contributed by atoms with Gasteiger partial charge in [-0.15, -0.1) is 0 Å². The molecule has 0 aliphatic heterocycles. The average molecular weight is 344 g/mol. The third-order valence-corrected chi connectivity index (χ3v) is 3.98. The van der Waals surface area contributed by atoms with Crippen LogP contribution < -0.4 is 10.6 Å². The van der Waals surface area contributed by atoms with Crippen LogP contribution in [0, 0.1) is 0 Å². The van der Waals surface area contributed by atoms with Gasteiger partial charge in [0.15, 0.2) is 5.65 Å². The Balaban J connectivity index is 1.72. The van der Waals surface area contributed by atoms with Crippen molar-refractivity contribution in [1.82, 2.24) is 25.1 Å². The number of aromatic nitrogens is 4. The van der Waals surface area contributed by atoms with E-state index in [2.05, 4.69) is 25.7 Å². The number of benzene rings is 2. The number of amides is 1. The molecule has 1 amide bonds. The first kappa shape index (κ1) is 15.8. The molecule has 0 saturated heterocycles. The maximum Gasteiger partial charge on any atom is 0.251 e. The number of hydrogen-bond donors (Lipinski definition) is 2. The first-order valence-corrected chi connectivity index (χ1v) is 8.09. The Labute approximate surface area is 149 Å². The fourth-order valence-electron chi connectivity index (χ4n) is 2.72. The zero-order chi connectivity index (χ0) is 17.9. The number of para-hydroxylation sites is 1. The van der Waals surface area contributed by atoms with Gasteiger partial charge in [-0.2, -0.15) is 5.10 Å². The second kappa shape index (κ2) is 6.64. The van der Waals surface area contributed by atoms with Gasteiger partial charge in [0.2, 0.25) is 0 Å². The third kappa shape index (κ3) is 2.86. The lowest BCUT2D eigenvalue weighted by molar-refractivity contribution is 0.0963. The molecular formula is C19H16N6O. The van der Waals surface area contributed by atoms with Gasteiger partial charge in [-0.3, -0.25) is 4.79 Å². The predicted octanol–water partition coefficient (Wildman–Crippen LogP) is 2.92. The number of rotatable bonds is 4. The maximum absolute atomic E-state index is 11.8. The summed E-state index contributed by atoms with van der Waals surface area (Å²) in [6.07, 6.45) is 3.22. The molecule has 2 heterocycles. The number of carbonyl (C=O) groups is 1. The molecule has 4 aromatic rings. The molecule has 0 unspecified atom stereocenters. The molecule has 0 aliphatic carbocycles. The molecule has 0 spiro atoms. The molecule has 0 fully saturated rings. The summed E-state index contributed by atoms with van der Waals surface area (Å²) in [5.74, 6) is 0.490. The number of carbonyl (C=O) groups excluding carboxylic acids is 1. The minimum atomic E-state index is -0.140. The van der Waals surface area contributed by atoms with E-state index in [1.165, 1.54) is 6.33 Å². The Kier molecular flexibility index (Phi) is 4.03. The summed E-state index contributed by atoms with van der Waals surface area (Å²) in [6.45, 7) is 0. The van der Waals surface area contributed by atoms with Crippen LogP contribution >= 0.6 is 0 Å². The van der Waals surface area contributed by atoms with Gasteiger partial charge in [0.05, 0.1) is 17.3 Å². The molecule has 26 heavy (non-hydrogen) atoms. The molecule has 7 nitrogen and oxygen atoms in total. The Bertz CT molecular complexity index is 1070. The molecule has 2 aromatic heterocycles. The highest BCUT2D eigenvalue weighted by Gasteiger charge is 2.12. The molecule has 128 valence electrons. The van der Waals surface area contributed by atoms with E-state index < -0.39 is 0 Å². The summed E-state index contributed by atoms with van der Waals surface area (Å²) in [5.41, 5.74) is 2.96. The summed E-state index contributed by atoms with van der Waals surface area (Å²) in [5, 5.41) is 11.1. The largest absolute Gasteiger partial charge is 0.355 e. The molecule has 0 atom stereocenters. The van der Waals surface area contributed by atoms with E-state index in [-0.39, 0.29) is 5.91 Å². The van der Waals surface area contributed by atoms with E-state index in [1.54, 1.807) is 30.1 Å². The van der Waals surface area contributed by atoms with Crippen molar-refractivity contribution in [2.75, 3.05) is 12.4 Å². The van der Waals surface area contributed by atoms with E-state index in [4.69, 9.17) is 0 Å². The van der Waals surface area contributed by atoms with Gasteiger partial charge in [0.25, 0.3) is 5.91 Å². The molecule has 0 bridgehead atoms. The smallest absolute Gasteiger partial charge is 0.251 e. The van der Waals surface area contributed by atoms with Crippen molar-refractivity contribution in [1.29, 1.82) is 0 Å². The van der Waals surface area contributed by atoms with Gasteiger partial charge < -0.3 is 10.6 Å². The van der Waals surface area contributed by atoms with Crippen LogP contribution in [0.5, 0.6) is 0 Å². The number of nitrogens with zero attached hydrogens (tertiary/aromatic N) is 4. The monoisotopic (exact) mass is 344 g/mol. The highest BCUT2D eigenvalue weighted by molar-refractivity contribution is 5.95. The second-order valence-corrected chi connectivity index (χ2v) is 5.64. The summed E-state index contributed by atoms with van der Waals surface area (Å²) in [7, 11) is 1.61. The van der Waals surface area contributed by atoms with E-state index in [0.717, 1.165) is 16.8 Å². The summed E-state index contributed by atoms with van der Waals surface area (Å²) in [4.78, 5) is 20.5. The fourth-order valence-corrected chi connectivity index (χ4v) is 2.72. The molecule has 0 aliphatic rings. The van der Waals surface area contributed by atoms with Crippen LogP contribution in [0.25, 0.3) is 16.7 Å². The van der Waals surface area contributed by atoms with Crippen LogP contribution in [0.4, 0.5) is 11.5 Å². The van der Waals surface area contributed by atoms with Crippen molar-refractivity contribution in [3.8, 4) is 5.69 Å². The summed E-state index contributed by atoms with van der Waals surface area (Å²) in [6, 6.07) is 17.0. The Morgan fingerprint density at radius 2 is 1.88 bits per heavy atom. The Morgan fingerprint density at radius 3 is 2.69 bits per heavy atom. The van der Waals surface area contributed by atoms with E-state index in [1.807, 2.05) is 42.5 Å². The average Bonchev–Trinajstić information content (AvgIpc) is 3.13. The second-order valence-electron chi connectivity index (χ2n) is 5.64. The minimum absolute atomic E-state index is 0.140. The standard InChI is InChI=1S/C19H16N6O/c1-20-19(26)13-6-5-7-14(10-13)24-17-16-11-23-25(18(16)22-12-21-17)15-8-3-2-4-9-15/h2-12H,1H3,(H,20,26)(H,21,22,24). The normalized spacial score (nSPS) is 10.7. The van der Waals surface area contributed by atoms with Crippen LogP contribution in [-0.2, 0) is 0 Å². The molecular weight excluding hydrogens is 328 g/mol. The molecule has 2 N–H and O–H groups in total. The molecule has 4 rings (SSSR count). The minimum Gasteiger partial charge on any atom is -0.355 e. The Morgan fingerprint density at radius 1 is 1.04 bits per heavy atom. The van der Waals surface area contributed by atoms with Crippen molar-refractivity contribution < 1.29 is 4.79 Å². The lowest BCUT2D eigenvalue weighted by Gasteiger charge is -2.08. The van der Waals surface area contributed by atoms with E-state index in [0.29, 0.717) is 17.0 Å². The zero-order valence-electron chi connectivity index (χ0n) is 14.0. The molecule has 7 heteroatoms. The van der Waals surface area contributed by atoms with Crippen molar-refractivity contribution >= 4 is 28.4 Å². The lowest BCUT2D eigenvalue weighted by Crippen LogP contribution is -2.17. The number of hydrogen-bond acceptors (Lipinski definition) is 5. The van der Waals surface area contributed by atoms with Gasteiger partial charge in [-0.05, 0) is 30.3 Å². The number of fused-ring (bicyclic) bond motifs is 1. The zero-order valence-corrected chi connectivity index (χ0v) is 14.0. The lowest BCUT2D eigenvalue weighted by atomic mass is 10.2. The van der Waals surface area contributed by atoms with Crippen molar-refractivity contribution in [3.63, 3.8) is 0 Å².